The summed E-state index contributed by atoms with van der Waals surface area (Å²) in [7, 11) is -3.75. The molecule has 0 aliphatic heterocycles. The molecule has 2 rings (SSSR count). The number of benzene rings is 2. The fourth-order valence-electron chi connectivity index (χ4n) is 1.94. The van der Waals surface area contributed by atoms with Crippen molar-refractivity contribution in [3.8, 4) is 0 Å². The lowest BCUT2D eigenvalue weighted by atomic mass is 10.3. The average Bonchev–Trinajstić information content (AvgIpc) is 2.45. The summed E-state index contributed by atoms with van der Waals surface area (Å²) in [5.74, 6) is -0.560. The van der Waals surface area contributed by atoms with Gasteiger partial charge in [-0.15, -0.1) is 0 Å². The molecule has 0 aromatic heterocycles. The minimum absolute atomic E-state index is 0.0326. The van der Waals surface area contributed by atoms with Crippen LogP contribution in [0.4, 0.5) is 10.1 Å². The van der Waals surface area contributed by atoms with Crippen LogP contribution in [0.2, 0.25) is 0 Å². The van der Waals surface area contributed by atoms with E-state index >= 15 is 0 Å². The predicted molar refractivity (Wildman–Crippen MR) is 77.7 cm³/mol. The van der Waals surface area contributed by atoms with Gasteiger partial charge in [-0.2, -0.15) is 0 Å². The van der Waals surface area contributed by atoms with Crippen molar-refractivity contribution >= 4 is 15.7 Å². The van der Waals surface area contributed by atoms with E-state index in [-0.39, 0.29) is 4.90 Å². The number of sulfonamides is 1. The molecule has 0 radical (unpaired) electrons. The minimum atomic E-state index is -3.75. The second-order valence-electron chi connectivity index (χ2n) is 4.37. The van der Waals surface area contributed by atoms with E-state index in [0.717, 1.165) is 6.07 Å². The van der Waals surface area contributed by atoms with Gasteiger partial charge in [0, 0.05) is 6.54 Å². The maximum Gasteiger partial charge on any atom is 0.264 e. The Morgan fingerprint density at radius 1 is 1.05 bits per heavy atom. The minimum Gasteiger partial charge on any atom is -0.266 e. The van der Waals surface area contributed by atoms with Crippen LogP contribution in [0.15, 0.2) is 59.5 Å². The van der Waals surface area contributed by atoms with E-state index in [1.807, 2.05) is 13.0 Å². The highest BCUT2D eigenvalue weighted by atomic mass is 32.2. The van der Waals surface area contributed by atoms with Crippen molar-refractivity contribution in [2.45, 2.75) is 18.2 Å². The average molecular weight is 293 g/mol. The first-order valence-electron chi connectivity index (χ1n) is 6.39. The Bertz CT molecular complexity index is 671. The summed E-state index contributed by atoms with van der Waals surface area (Å²) >= 11 is 0. The number of halogens is 1. The Balaban J connectivity index is 2.48. The van der Waals surface area contributed by atoms with E-state index in [2.05, 4.69) is 0 Å². The van der Waals surface area contributed by atoms with Crippen molar-refractivity contribution in [2.24, 2.45) is 0 Å². The topological polar surface area (TPSA) is 37.4 Å². The van der Waals surface area contributed by atoms with E-state index < -0.39 is 15.8 Å². The molecule has 3 nitrogen and oxygen atoms in total. The van der Waals surface area contributed by atoms with Crippen molar-refractivity contribution in [2.75, 3.05) is 10.8 Å². The highest BCUT2D eigenvalue weighted by Crippen LogP contribution is 2.24. The molecular formula is C15H16FNO2S. The van der Waals surface area contributed by atoms with Gasteiger partial charge in [0.15, 0.2) is 0 Å². The van der Waals surface area contributed by atoms with Gasteiger partial charge in [-0.05, 0) is 36.8 Å². The van der Waals surface area contributed by atoms with E-state index in [4.69, 9.17) is 0 Å². The maximum absolute atomic E-state index is 13.3. The monoisotopic (exact) mass is 293 g/mol. The van der Waals surface area contributed by atoms with Crippen molar-refractivity contribution in [1.29, 1.82) is 0 Å². The summed E-state index contributed by atoms with van der Waals surface area (Å²) in [4.78, 5) is -0.0326. The van der Waals surface area contributed by atoms with Crippen molar-refractivity contribution in [3.05, 3.63) is 60.4 Å². The van der Waals surface area contributed by atoms with Crippen LogP contribution in [-0.2, 0) is 10.0 Å². The quantitative estimate of drug-likeness (QED) is 0.847. The number of hydrogen-bond acceptors (Lipinski definition) is 2. The lowest BCUT2D eigenvalue weighted by Gasteiger charge is -2.24. The van der Waals surface area contributed by atoms with Gasteiger partial charge in [0.2, 0.25) is 0 Å². The second-order valence-corrected chi connectivity index (χ2v) is 6.23. The van der Waals surface area contributed by atoms with Gasteiger partial charge in [-0.1, -0.05) is 31.2 Å². The van der Waals surface area contributed by atoms with Crippen molar-refractivity contribution in [3.63, 3.8) is 0 Å². The number of hydrogen-bond donors (Lipinski definition) is 0. The first-order valence-corrected chi connectivity index (χ1v) is 7.83. The first-order chi connectivity index (χ1) is 9.55. The zero-order chi connectivity index (χ0) is 14.6. The molecule has 0 fully saturated rings. The molecule has 2 aromatic carbocycles. The van der Waals surface area contributed by atoms with Gasteiger partial charge < -0.3 is 0 Å². The molecule has 0 saturated carbocycles. The Kier molecular flexibility index (Phi) is 4.39. The molecule has 0 saturated heterocycles. The fraction of sp³-hybridized carbons (Fsp3) is 0.200. The smallest absolute Gasteiger partial charge is 0.264 e. The SMILES string of the molecule is CCCN(c1ccccc1)S(=O)(=O)c1cccc(F)c1. The van der Waals surface area contributed by atoms with Crippen LogP contribution in [0.3, 0.4) is 0 Å². The molecule has 0 N–H and O–H groups in total. The zero-order valence-electron chi connectivity index (χ0n) is 11.2. The highest BCUT2D eigenvalue weighted by molar-refractivity contribution is 7.92. The number of para-hydroxylation sites is 1. The first kappa shape index (κ1) is 14.5. The van der Waals surface area contributed by atoms with Gasteiger partial charge in [0.05, 0.1) is 10.6 Å². The van der Waals surface area contributed by atoms with Gasteiger partial charge in [-0.25, -0.2) is 12.8 Å². The Morgan fingerprint density at radius 2 is 1.75 bits per heavy atom. The molecule has 0 atom stereocenters. The van der Waals surface area contributed by atoms with Gasteiger partial charge in [0.1, 0.15) is 5.82 Å². The molecule has 0 amide bonds. The summed E-state index contributed by atoms with van der Waals surface area (Å²) < 4.78 is 39.8. The van der Waals surface area contributed by atoms with Crippen molar-refractivity contribution < 1.29 is 12.8 Å². The summed E-state index contributed by atoms with van der Waals surface area (Å²) in [6.45, 7) is 2.25. The summed E-state index contributed by atoms with van der Waals surface area (Å²) in [6.07, 6.45) is 0.670. The lowest BCUT2D eigenvalue weighted by Crippen LogP contribution is -2.31. The molecule has 5 heteroatoms. The highest BCUT2D eigenvalue weighted by Gasteiger charge is 2.24. The molecule has 2 aromatic rings. The van der Waals surface area contributed by atoms with E-state index in [9.17, 15) is 12.8 Å². The lowest BCUT2D eigenvalue weighted by molar-refractivity contribution is 0.585. The van der Waals surface area contributed by atoms with E-state index in [1.165, 1.54) is 22.5 Å². The molecule has 0 unspecified atom stereocenters. The molecule has 20 heavy (non-hydrogen) atoms. The molecular weight excluding hydrogens is 277 g/mol. The third-order valence-corrected chi connectivity index (χ3v) is 4.68. The van der Waals surface area contributed by atoms with Crippen LogP contribution in [0.25, 0.3) is 0 Å². The molecule has 0 aliphatic carbocycles. The standard InChI is InChI=1S/C15H16FNO2S/c1-2-11-17(14-8-4-3-5-9-14)20(18,19)15-10-6-7-13(16)12-15/h3-10,12H,2,11H2,1H3. The summed E-state index contributed by atoms with van der Waals surface area (Å²) in [6, 6.07) is 13.9. The van der Waals surface area contributed by atoms with Gasteiger partial charge in [0.25, 0.3) is 10.0 Å². The third-order valence-electron chi connectivity index (χ3n) is 2.85. The fourth-order valence-corrected chi connectivity index (χ4v) is 3.53. The second kappa shape index (κ2) is 6.05. The largest absolute Gasteiger partial charge is 0.266 e. The predicted octanol–water partition coefficient (Wildman–Crippen LogP) is 3.43. The zero-order valence-corrected chi connectivity index (χ0v) is 12.0. The third kappa shape index (κ3) is 2.99. The van der Waals surface area contributed by atoms with Gasteiger partial charge >= 0.3 is 0 Å². The van der Waals surface area contributed by atoms with Crippen LogP contribution < -0.4 is 4.31 Å². The van der Waals surface area contributed by atoms with Crippen LogP contribution in [0, 0.1) is 5.82 Å². The summed E-state index contributed by atoms with van der Waals surface area (Å²) in [5.41, 5.74) is 0.582. The Labute approximate surface area is 118 Å². The Morgan fingerprint density at radius 3 is 2.35 bits per heavy atom. The van der Waals surface area contributed by atoms with Crippen molar-refractivity contribution in [1.82, 2.24) is 0 Å². The molecule has 106 valence electrons. The number of nitrogens with zero attached hydrogens (tertiary/aromatic N) is 1. The van der Waals surface area contributed by atoms with Crippen LogP contribution in [-0.4, -0.2) is 15.0 Å². The molecule has 0 bridgehead atoms. The Hall–Kier alpha value is -1.88. The molecule has 0 heterocycles. The molecule has 0 aliphatic rings. The van der Waals surface area contributed by atoms with Crippen LogP contribution >= 0.6 is 0 Å². The van der Waals surface area contributed by atoms with E-state index in [0.29, 0.717) is 18.7 Å². The van der Waals surface area contributed by atoms with Gasteiger partial charge in [-0.3, -0.25) is 4.31 Å². The maximum atomic E-state index is 13.3. The normalized spacial score (nSPS) is 11.3. The van der Waals surface area contributed by atoms with Crippen LogP contribution in [0.1, 0.15) is 13.3 Å². The van der Waals surface area contributed by atoms with Crippen LogP contribution in [0.5, 0.6) is 0 Å². The number of rotatable bonds is 5. The molecule has 0 spiro atoms. The number of anilines is 1. The summed E-state index contributed by atoms with van der Waals surface area (Å²) in [5, 5.41) is 0. The van der Waals surface area contributed by atoms with E-state index in [1.54, 1.807) is 24.3 Å².